The van der Waals surface area contributed by atoms with E-state index >= 15 is 0 Å². The molecular formula is C43H62N2O11. The van der Waals surface area contributed by atoms with E-state index in [9.17, 15) is 29.2 Å². The topological polar surface area (TPSA) is 179 Å². The number of nitrogens with zero attached hydrogens (tertiary/aromatic N) is 2. The fraction of sp³-hybridized carbons (Fsp3) is 0.674. The van der Waals surface area contributed by atoms with E-state index in [-0.39, 0.29) is 18.8 Å². The Morgan fingerprint density at radius 3 is 1.80 bits per heavy atom. The summed E-state index contributed by atoms with van der Waals surface area (Å²) in [5.74, 6) is -2.72. The summed E-state index contributed by atoms with van der Waals surface area (Å²) in [4.78, 5) is 69.5. The number of rotatable bonds is 14. The minimum atomic E-state index is -1.46. The summed E-state index contributed by atoms with van der Waals surface area (Å²) in [5.41, 5.74) is -2.93. The third-order valence-electron chi connectivity index (χ3n) is 9.72. The quantitative estimate of drug-likeness (QED) is 0.123. The summed E-state index contributed by atoms with van der Waals surface area (Å²) in [6, 6.07) is 8.09. The van der Waals surface area contributed by atoms with Crippen molar-refractivity contribution >= 4 is 29.7 Å². The summed E-state index contributed by atoms with van der Waals surface area (Å²) in [6.45, 7) is 18.2. The normalized spacial score (nSPS) is 23.2. The molecule has 1 aromatic rings. The van der Waals surface area contributed by atoms with Crippen LogP contribution in [0.4, 0.5) is 0 Å². The number of ether oxygens (including phenoxy) is 5. The molecule has 0 radical (unpaired) electrons. The zero-order valence-corrected chi connectivity index (χ0v) is 35.0. The van der Waals surface area contributed by atoms with E-state index in [4.69, 9.17) is 28.8 Å². The largest absolute Gasteiger partial charge is 0.462 e. The molecule has 1 N–H and O–H groups in total. The molecule has 0 spiro atoms. The summed E-state index contributed by atoms with van der Waals surface area (Å²) >= 11 is 0. The Bertz CT molecular complexity index is 1620. The maximum absolute atomic E-state index is 13.8. The number of hydrogen-bond acceptors (Lipinski definition) is 13. The van der Waals surface area contributed by atoms with Crippen LogP contribution in [0.1, 0.15) is 132 Å². The highest BCUT2D eigenvalue weighted by atomic mass is 16.7. The summed E-state index contributed by atoms with van der Waals surface area (Å²) < 4.78 is 31.3. The SMILES string of the molecule is CC(C)(C)C(=O)O[C@@H]1[C@@H](OC(=O)C(C)(C)C)[C@H](N2C=CC(=O)C[C@H]2c2ccc(C#N)cc2)O[C@H](COC(=O)C(C)(C)CCCCCCO)[C@@H]1OC(=O)C(C)(C)C. The highest BCUT2D eigenvalue weighted by molar-refractivity contribution is 5.91. The fourth-order valence-corrected chi connectivity index (χ4v) is 6.03. The van der Waals surface area contributed by atoms with Gasteiger partial charge in [-0.15, -0.1) is 0 Å². The lowest BCUT2D eigenvalue weighted by atomic mass is 9.87. The van der Waals surface area contributed by atoms with Crippen LogP contribution in [0, 0.1) is 33.0 Å². The van der Waals surface area contributed by atoms with E-state index in [1.807, 2.05) is 0 Å². The Balaban J connectivity index is 2.21. The van der Waals surface area contributed by atoms with Gasteiger partial charge in [-0.05, 0) is 113 Å². The molecule has 6 atom stereocenters. The van der Waals surface area contributed by atoms with Gasteiger partial charge in [-0.25, -0.2) is 0 Å². The van der Waals surface area contributed by atoms with Gasteiger partial charge in [0.2, 0.25) is 0 Å². The third kappa shape index (κ3) is 12.4. The molecule has 1 aromatic carbocycles. The number of benzene rings is 1. The fourth-order valence-electron chi connectivity index (χ4n) is 6.03. The second kappa shape index (κ2) is 18.8. The first-order chi connectivity index (χ1) is 25.9. The number of aliphatic hydroxyl groups is 1. The summed E-state index contributed by atoms with van der Waals surface area (Å²) in [7, 11) is 0. The molecule has 2 aliphatic rings. The monoisotopic (exact) mass is 782 g/mol. The third-order valence-corrected chi connectivity index (χ3v) is 9.72. The van der Waals surface area contributed by atoms with E-state index < -0.39 is 88.8 Å². The van der Waals surface area contributed by atoms with Gasteiger partial charge in [0.25, 0.3) is 0 Å². The van der Waals surface area contributed by atoms with E-state index in [2.05, 4.69) is 6.07 Å². The van der Waals surface area contributed by atoms with Crippen LogP contribution in [0.5, 0.6) is 0 Å². The Kier molecular flexibility index (Phi) is 15.5. The first-order valence-electron chi connectivity index (χ1n) is 19.5. The molecule has 2 aliphatic heterocycles. The van der Waals surface area contributed by atoms with Gasteiger partial charge >= 0.3 is 23.9 Å². The Labute approximate surface area is 332 Å². The minimum Gasteiger partial charge on any atom is -0.462 e. The van der Waals surface area contributed by atoms with Crippen LogP contribution in [0.2, 0.25) is 0 Å². The maximum atomic E-state index is 13.8. The molecule has 56 heavy (non-hydrogen) atoms. The van der Waals surface area contributed by atoms with Crippen molar-refractivity contribution in [1.82, 2.24) is 4.90 Å². The standard InChI is InChI=1S/C43H62N2O11/c1-40(2,3)36(48)54-32-31(26-52-39(51)43(10,11)21-14-12-13-15-23-46)53-35(34(56-38(50)42(7,8)9)33(32)55-37(49)41(4,5)6)45-22-20-29(47)24-30(45)28-18-16-27(25-44)17-19-28/h16-20,22,30-35,46H,12-15,21,23-24,26H2,1-11H3/t30-,31+,32-,33-,34+,35+/m0/s1. The molecule has 0 aromatic heterocycles. The van der Waals surface area contributed by atoms with Gasteiger partial charge in [0.1, 0.15) is 12.7 Å². The molecular weight excluding hydrogens is 720 g/mol. The molecule has 310 valence electrons. The molecule has 0 unspecified atom stereocenters. The van der Waals surface area contributed by atoms with Crippen LogP contribution in [0.25, 0.3) is 0 Å². The highest BCUT2D eigenvalue weighted by Crippen LogP contribution is 2.40. The molecule has 0 amide bonds. The minimum absolute atomic E-state index is 0.0107. The van der Waals surface area contributed by atoms with Crippen LogP contribution in [-0.4, -0.2) is 83.5 Å². The predicted octanol–water partition coefficient (Wildman–Crippen LogP) is 6.50. The van der Waals surface area contributed by atoms with Crippen LogP contribution in [0.15, 0.2) is 36.5 Å². The molecule has 1 saturated heterocycles. The van der Waals surface area contributed by atoms with Gasteiger partial charge in [-0.2, -0.15) is 5.26 Å². The van der Waals surface area contributed by atoms with Gasteiger partial charge < -0.3 is 33.7 Å². The molecule has 0 bridgehead atoms. The van der Waals surface area contributed by atoms with Gasteiger partial charge in [0, 0.05) is 19.2 Å². The Hall–Kier alpha value is -4.28. The number of nitriles is 1. The van der Waals surface area contributed by atoms with E-state index in [0.717, 1.165) is 19.3 Å². The molecule has 13 nitrogen and oxygen atoms in total. The molecule has 1 fully saturated rings. The van der Waals surface area contributed by atoms with Crippen molar-refractivity contribution in [2.45, 2.75) is 151 Å². The van der Waals surface area contributed by atoms with Crippen LogP contribution in [-0.2, 0) is 47.7 Å². The zero-order chi connectivity index (χ0) is 42.2. The Morgan fingerprint density at radius 2 is 1.29 bits per heavy atom. The number of allylic oxidation sites excluding steroid dienone is 1. The molecule has 3 rings (SSSR count). The van der Waals surface area contributed by atoms with E-state index in [1.54, 1.807) is 105 Å². The smallest absolute Gasteiger partial charge is 0.311 e. The van der Waals surface area contributed by atoms with Gasteiger partial charge in [0.05, 0.1) is 39.3 Å². The molecule has 0 aliphatic carbocycles. The number of ketones is 1. The second-order valence-corrected chi connectivity index (χ2v) is 18.5. The second-order valence-electron chi connectivity index (χ2n) is 18.5. The first-order valence-corrected chi connectivity index (χ1v) is 19.5. The van der Waals surface area contributed by atoms with Crippen LogP contribution in [0.3, 0.4) is 0 Å². The highest BCUT2D eigenvalue weighted by Gasteiger charge is 2.57. The number of esters is 4. The average Bonchev–Trinajstić information content (AvgIpc) is 3.10. The van der Waals surface area contributed by atoms with Crippen molar-refractivity contribution in [3.05, 3.63) is 47.7 Å². The van der Waals surface area contributed by atoms with E-state index in [1.165, 1.54) is 12.3 Å². The van der Waals surface area contributed by atoms with Crippen molar-refractivity contribution in [1.29, 1.82) is 5.26 Å². The number of unbranched alkanes of at least 4 members (excludes halogenated alkanes) is 3. The lowest BCUT2D eigenvalue weighted by molar-refractivity contribution is -0.283. The van der Waals surface area contributed by atoms with E-state index in [0.29, 0.717) is 24.0 Å². The number of carbonyl (C=O) groups excluding carboxylic acids is 5. The Morgan fingerprint density at radius 1 is 0.768 bits per heavy atom. The van der Waals surface area contributed by atoms with Crippen molar-refractivity contribution in [3.63, 3.8) is 0 Å². The number of hydrogen-bond donors (Lipinski definition) is 1. The van der Waals surface area contributed by atoms with Gasteiger partial charge in [-0.1, -0.05) is 31.4 Å². The lowest BCUT2D eigenvalue weighted by Crippen LogP contribution is -2.67. The van der Waals surface area contributed by atoms with Crippen molar-refractivity contribution in [2.24, 2.45) is 21.7 Å². The zero-order valence-electron chi connectivity index (χ0n) is 35.0. The summed E-state index contributed by atoms with van der Waals surface area (Å²) in [6.07, 6.45) is -0.351. The van der Waals surface area contributed by atoms with Gasteiger partial charge in [0.15, 0.2) is 30.3 Å². The first kappa shape index (κ1) is 46.1. The lowest BCUT2D eigenvalue weighted by Gasteiger charge is -2.50. The molecule has 2 heterocycles. The van der Waals surface area contributed by atoms with Crippen molar-refractivity contribution in [3.8, 4) is 6.07 Å². The summed E-state index contributed by atoms with van der Waals surface area (Å²) in [5, 5.41) is 18.6. The molecule has 0 saturated carbocycles. The molecule has 13 heteroatoms. The van der Waals surface area contributed by atoms with Crippen LogP contribution < -0.4 is 0 Å². The number of carbonyl (C=O) groups is 5. The van der Waals surface area contributed by atoms with Crippen molar-refractivity contribution < 1.29 is 52.8 Å². The van der Waals surface area contributed by atoms with Crippen LogP contribution >= 0.6 is 0 Å². The van der Waals surface area contributed by atoms with Gasteiger partial charge in [-0.3, -0.25) is 24.0 Å². The number of aliphatic hydroxyl groups excluding tert-OH is 1. The maximum Gasteiger partial charge on any atom is 0.311 e. The predicted molar refractivity (Wildman–Crippen MR) is 206 cm³/mol. The average molecular weight is 783 g/mol. The van der Waals surface area contributed by atoms with Crippen molar-refractivity contribution in [2.75, 3.05) is 13.2 Å².